The van der Waals surface area contributed by atoms with Crippen LogP contribution in [0.3, 0.4) is 0 Å². The summed E-state index contributed by atoms with van der Waals surface area (Å²) in [7, 11) is 0. The molecule has 1 saturated heterocycles. The molecule has 6 heteroatoms. The largest absolute Gasteiger partial charge is 0.491 e. The minimum Gasteiger partial charge on any atom is -0.491 e. The molecule has 0 aliphatic carbocycles. The molecule has 1 amide bonds. The summed E-state index contributed by atoms with van der Waals surface area (Å²) in [6, 6.07) is 7.66. The Kier molecular flexibility index (Phi) is 7.75. The van der Waals surface area contributed by atoms with Crippen LogP contribution in [0.4, 0.5) is 5.69 Å². The molecule has 1 aliphatic rings. The van der Waals surface area contributed by atoms with Crippen LogP contribution in [-0.4, -0.2) is 49.1 Å². The number of piperidine rings is 1. The van der Waals surface area contributed by atoms with E-state index in [0.717, 1.165) is 17.9 Å². The van der Waals surface area contributed by atoms with Crippen molar-refractivity contribution < 1.29 is 19.1 Å². The molecule has 1 unspecified atom stereocenters. The maximum atomic E-state index is 12.4. The van der Waals surface area contributed by atoms with Crippen LogP contribution in [0.1, 0.15) is 40.0 Å². The van der Waals surface area contributed by atoms with Crippen LogP contribution in [0.15, 0.2) is 24.3 Å². The van der Waals surface area contributed by atoms with Gasteiger partial charge in [-0.1, -0.05) is 13.0 Å². The smallest absolute Gasteiger partial charge is 0.309 e. The van der Waals surface area contributed by atoms with E-state index in [0.29, 0.717) is 32.5 Å². The fourth-order valence-electron chi connectivity index (χ4n) is 2.91. The molecule has 0 aromatic heterocycles. The lowest BCUT2D eigenvalue weighted by Gasteiger charge is -2.31. The predicted octanol–water partition coefficient (Wildman–Crippen LogP) is 3.08. The van der Waals surface area contributed by atoms with Gasteiger partial charge in [0, 0.05) is 24.8 Å². The number of amides is 1. The summed E-state index contributed by atoms with van der Waals surface area (Å²) in [5.74, 6) is 0.616. The highest BCUT2D eigenvalue weighted by Crippen LogP contribution is 2.21. The maximum Gasteiger partial charge on any atom is 0.309 e. The Hall–Kier alpha value is -2.24. The van der Waals surface area contributed by atoms with Gasteiger partial charge in [-0.05, 0) is 45.2 Å². The first kappa shape index (κ1) is 20.1. The lowest BCUT2D eigenvalue weighted by atomic mass is 9.97. The SMILES string of the molecule is CCOC(=O)C1CCN(C(=O)CNc2cccc(OC(C)CC)c2)CC1. The van der Waals surface area contributed by atoms with E-state index in [9.17, 15) is 9.59 Å². The van der Waals surface area contributed by atoms with Crippen LogP contribution in [0, 0.1) is 5.92 Å². The van der Waals surface area contributed by atoms with Crippen molar-refractivity contribution in [2.24, 2.45) is 5.92 Å². The number of likely N-dealkylation sites (tertiary alicyclic amines) is 1. The molecule has 0 bridgehead atoms. The second kappa shape index (κ2) is 10.0. The Bertz CT molecular complexity index is 597. The number of carbonyl (C=O) groups is 2. The topological polar surface area (TPSA) is 67.9 Å². The summed E-state index contributed by atoms with van der Waals surface area (Å²) >= 11 is 0. The van der Waals surface area contributed by atoms with Crippen LogP contribution in [0.5, 0.6) is 5.75 Å². The van der Waals surface area contributed by atoms with Crippen molar-refractivity contribution in [1.29, 1.82) is 0 Å². The van der Waals surface area contributed by atoms with Gasteiger partial charge in [-0.3, -0.25) is 9.59 Å². The van der Waals surface area contributed by atoms with Crippen molar-refractivity contribution in [2.45, 2.75) is 46.1 Å². The highest BCUT2D eigenvalue weighted by atomic mass is 16.5. The van der Waals surface area contributed by atoms with Gasteiger partial charge in [-0.2, -0.15) is 0 Å². The third-order valence-corrected chi connectivity index (χ3v) is 4.66. The molecular weight excluding hydrogens is 332 g/mol. The molecule has 1 aromatic carbocycles. The van der Waals surface area contributed by atoms with Gasteiger partial charge in [0.1, 0.15) is 5.75 Å². The number of hydrogen-bond donors (Lipinski definition) is 1. The molecule has 6 nitrogen and oxygen atoms in total. The highest BCUT2D eigenvalue weighted by Gasteiger charge is 2.27. The molecule has 26 heavy (non-hydrogen) atoms. The van der Waals surface area contributed by atoms with Crippen molar-refractivity contribution in [2.75, 3.05) is 31.6 Å². The molecular formula is C20H30N2O4. The molecule has 1 aromatic rings. The highest BCUT2D eigenvalue weighted by molar-refractivity contribution is 5.81. The van der Waals surface area contributed by atoms with Gasteiger partial charge >= 0.3 is 5.97 Å². The number of esters is 1. The first-order chi connectivity index (χ1) is 12.5. The number of anilines is 1. The van der Waals surface area contributed by atoms with Crippen LogP contribution in [0.2, 0.25) is 0 Å². The van der Waals surface area contributed by atoms with Crippen LogP contribution in [0.25, 0.3) is 0 Å². The van der Waals surface area contributed by atoms with Crippen molar-refractivity contribution in [3.05, 3.63) is 24.3 Å². The number of rotatable bonds is 8. The molecule has 0 radical (unpaired) electrons. The Labute approximate surface area is 155 Å². The molecule has 0 saturated carbocycles. The molecule has 0 spiro atoms. The number of benzene rings is 1. The number of nitrogens with one attached hydrogen (secondary N) is 1. The average molecular weight is 362 g/mol. The minimum atomic E-state index is -0.143. The zero-order valence-corrected chi connectivity index (χ0v) is 16.0. The molecule has 144 valence electrons. The molecule has 1 atom stereocenters. The average Bonchev–Trinajstić information content (AvgIpc) is 2.66. The standard InChI is InChI=1S/C20H30N2O4/c1-4-15(3)26-18-8-6-7-17(13-18)21-14-19(23)22-11-9-16(10-12-22)20(24)25-5-2/h6-8,13,15-16,21H,4-5,9-12,14H2,1-3H3. The van der Waals surface area contributed by atoms with E-state index in [1.54, 1.807) is 0 Å². The summed E-state index contributed by atoms with van der Waals surface area (Å²) in [5.41, 5.74) is 0.862. The quantitative estimate of drug-likeness (QED) is 0.720. The number of hydrogen-bond acceptors (Lipinski definition) is 5. The molecule has 2 rings (SSSR count). The first-order valence-electron chi connectivity index (χ1n) is 9.48. The number of ether oxygens (including phenoxy) is 2. The van der Waals surface area contributed by atoms with Gasteiger partial charge in [0.05, 0.1) is 25.2 Å². The summed E-state index contributed by atoms with van der Waals surface area (Å²) in [6.45, 7) is 7.76. The summed E-state index contributed by atoms with van der Waals surface area (Å²) < 4.78 is 10.9. The van der Waals surface area contributed by atoms with Gasteiger partial charge < -0.3 is 19.7 Å². The Balaban J connectivity index is 1.79. The van der Waals surface area contributed by atoms with Crippen molar-refractivity contribution >= 4 is 17.6 Å². The molecule has 1 N–H and O–H groups in total. The number of carbonyl (C=O) groups excluding carboxylic acids is 2. The maximum absolute atomic E-state index is 12.4. The molecule has 1 fully saturated rings. The first-order valence-corrected chi connectivity index (χ1v) is 9.48. The van der Waals surface area contributed by atoms with Crippen molar-refractivity contribution in [3.63, 3.8) is 0 Å². The van der Waals surface area contributed by atoms with Gasteiger partial charge in [-0.15, -0.1) is 0 Å². The second-order valence-corrected chi connectivity index (χ2v) is 6.63. The second-order valence-electron chi connectivity index (χ2n) is 6.63. The van der Waals surface area contributed by atoms with Crippen molar-refractivity contribution in [3.8, 4) is 5.75 Å². The predicted molar refractivity (Wildman–Crippen MR) is 101 cm³/mol. The van der Waals surface area contributed by atoms with Gasteiger partial charge in [0.15, 0.2) is 0 Å². The molecule has 1 heterocycles. The zero-order chi connectivity index (χ0) is 18.9. The van der Waals surface area contributed by atoms with Gasteiger partial charge in [-0.25, -0.2) is 0 Å². The third-order valence-electron chi connectivity index (χ3n) is 4.66. The fourth-order valence-corrected chi connectivity index (χ4v) is 2.91. The van der Waals surface area contributed by atoms with Crippen LogP contribution < -0.4 is 10.1 Å². The monoisotopic (exact) mass is 362 g/mol. The van der Waals surface area contributed by atoms with E-state index in [1.807, 2.05) is 43.0 Å². The summed E-state index contributed by atoms with van der Waals surface area (Å²) in [4.78, 5) is 26.0. The third kappa shape index (κ3) is 5.93. The van der Waals surface area contributed by atoms with Crippen LogP contribution >= 0.6 is 0 Å². The van der Waals surface area contributed by atoms with Gasteiger partial charge in [0.25, 0.3) is 0 Å². The van der Waals surface area contributed by atoms with Gasteiger partial charge in [0.2, 0.25) is 5.91 Å². The van der Waals surface area contributed by atoms with Crippen LogP contribution in [-0.2, 0) is 14.3 Å². The lowest BCUT2D eigenvalue weighted by Crippen LogP contribution is -2.43. The van der Waals surface area contributed by atoms with E-state index in [4.69, 9.17) is 9.47 Å². The minimum absolute atomic E-state index is 0.0422. The molecule has 1 aliphatic heterocycles. The van der Waals surface area contributed by atoms with E-state index >= 15 is 0 Å². The lowest BCUT2D eigenvalue weighted by molar-refractivity contribution is -0.151. The van der Waals surface area contributed by atoms with Crippen molar-refractivity contribution in [1.82, 2.24) is 4.90 Å². The Morgan fingerprint density at radius 1 is 1.27 bits per heavy atom. The Morgan fingerprint density at radius 3 is 2.65 bits per heavy atom. The normalized spacial score (nSPS) is 16.0. The van der Waals surface area contributed by atoms with E-state index in [2.05, 4.69) is 12.2 Å². The summed E-state index contributed by atoms with van der Waals surface area (Å²) in [6.07, 6.45) is 2.44. The zero-order valence-electron chi connectivity index (χ0n) is 16.0. The van der Waals surface area contributed by atoms with E-state index in [1.165, 1.54) is 0 Å². The number of nitrogens with zero attached hydrogens (tertiary/aromatic N) is 1. The summed E-state index contributed by atoms with van der Waals surface area (Å²) in [5, 5.41) is 3.16. The Morgan fingerprint density at radius 2 is 2.00 bits per heavy atom. The van der Waals surface area contributed by atoms with E-state index in [-0.39, 0.29) is 30.4 Å². The van der Waals surface area contributed by atoms with E-state index < -0.39 is 0 Å². The fraction of sp³-hybridized carbons (Fsp3) is 0.600.